The maximum atomic E-state index is 13.0. The molecule has 3 saturated carbocycles. The molecule has 3 aliphatic carbocycles. The van der Waals surface area contributed by atoms with Crippen LogP contribution in [0.2, 0.25) is 0 Å². The predicted molar refractivity (Wildman–Crippen MR) is 111 cm³/mol. The number of halogens is 3. The lowest BCUT2D eigenvalue weighted by Gasteiger charge is -2.42. The van der Waals surface area contributed by atoms with Gasteiger partial charge in [0, 0.05) is 41.5 Å². The molecule has 0 radical (unpaired) electrons. The van der Waals surface area contributed by atoms with Gasteiger partial charge in [-0.25, -0.2) is 0 Å². The van der Waals surface area contributed by atoms with Crippen LogP contribution >= 0.6 is 0 Å². The van der Waals surface area contributed by atoms with Crippen molar-refractivity contribution >= 4 is 0 Å². The van der Waals surface area contributed by atoms with Crippen LogP contribution in [0.1, 0.15) is 55.8 Å². The summed E-state index contributed by atoms with van der Waals surface area (Å²) < 4.78 is 61.0. The van der Waals surface area contributed by atoms with Gasteiger partial charge in [0.05, 0.1) is 13.2 Å². The van der Waals surface area contributed by atoms with Gasteiger partial charge in [0.1, 0.15) is 17.2 Å². The number of hydrogen-bond acceptors (Lipinski definition) is 6. The Morgan fingerprint density at radius 2 is 1.73 bits per heavy atom. The average molecular weight is 464 g/mol. The highest BCUT2D eigenvalue weighted by atomic mass is 19.4. The Hall–Kier alpha value is -2.10. The Bertz CT molecular complexity index is 997. The van der Waals surface area contributed by atoms with Gasteiger partial charge >= 0.3 is 6.36 Å². The maximum absolute atomic E-state index is 13.0. The second kappa shape index (κ2) is 7.99. The molecule has 2 unspecified atom stereocenters. The lowest BCUT2D eigenvalue weighted by atomic mass is 9.79. The van der Waals surface area contributed by atoms with Gasteiger partial charge in [-0.3, -0.25) is 0 Å². The monoisotopic (exact) mass is 464 g/mol. The molecule has 1 aromatic heterocycles. The van der Waals surface area contributed by atoms with Crippen molar-refractivity contribution in [2.45, 2.75) is 69.2 Å². The van der Waals surface area contributed by atoms with Gasteiger partial charge in [-0.2, -0.15) is 0 Å². The first-order chi connectivity index (χ1) is 15.9. The number of alkyl halides is 3. The van der Waals surface area contributed by atoms with Crippen molar-refractivity contribution in [2.24, 2.45) is 11.8 Å². The lowest BCUT2D eigenvalue weighted by Crippen LogP contribution is -2.50. The fourth-order valence-electron chi connectivity index (χ4n) is 6.06. The van der Waals surface area contributed by atoms with Crippen LogP contribution in [-0.2, 0) is 16.0 Å². The van der Waals surface area contributed by atoms with Crippen LogP contribution in [0.5, 0.6) is 5.75 Å². The molecule has 6 nitrogen and oxygen atoms in total. The van der Waals surface area contributed by atoms with Gasteiger partial charge in [-0.05, 0) is 50.7 Å². The van der Waals surface area contributed by atoms with Crippen LogP contribution in [0.25, 0.3) is 11.3 Å². The van der Waals surface area contributed by atoms with Crippen LogP contribution in [0.4, 0.5) is 13.2 Å². The molecule has 4 aliphatic rings. The van der Waals surface area contributed by atoms with E-state index in [0.29, 0.717) is 37.3 Å². The average Bonchev–Trinajstić information content (AvgIpc) is 3.31. The maximum Gasteiger partial charge on any atom is 0.573 e. The minimum atomic E-state index is -4.78. The molecule has 178 valence electrons. The molecule has 2 bridgehead atoms. The Kier molecular flexibility index (Phi) is 5.19. The summed E-state index contributed by atoms with van der Waals surface area (Å²) in [6, 6.07) is 6.40. The summed E-state index contributed by atoms with van der Waals surface area (Å²) in [6.45, 7) is 1.82. The third-order valence-electron chi connectivity index (χ3n) is 7.58. The standard InChI is InChI=1S/C24H27F3N2O4/c25-24(26,27)32-20-4-2-1-3-18(20)21-19(22(33-29-21)14-5-6-14)13-28-17-11-15-7-8-16(12-17)23(15)30-9-10-31-23/h1-4,14-17,28H,5-13H2. The first kappa shape index (κ1) is 21.4. The zero-order valence-electron chi connectivity index (χ0n) is 18.2. The quantitative estimate of drug-likeness (QED) is 0.639. The van der Waals surface area contributed by atoms with Gasteiger partial charge in [-0.15, -0.1) is 13.2 Å². The molecular weight excluding hydrogens is 437 g/mol. The molecule has 33 heavy (non-hydrogen) atoms. The molecule has 9 heteroatoms. The fraction of sp³-hybridized carbons (Fsp3) is 0.625. The molecule has 2 aromatic rings. The van der Waals surface area contributed by atoms with E-state index in [1.54, 1.807) is 12.1 Å². The highest BCUT2D eigenvalue weighted by Gasteiger charge is 2.58. The van der Waals surface area contributed by atoms with E-state index in [-0.39, 0.29) is 23.3 Å². The predicted octanol–water partition coefficient (Wildman–Crippen LogP) is 5.14. The van der Waals surface area contributed by atoms with E-state index in [4.69, 9.17) is 14.0 Å². The third kappa shape index (κ3) is 3.94. The molecule has 1 spiro atoms. The van der Waals surface area contributed by atoms with Crippen molar-refractivity contribution in [3.63, 3.8) is 0 Å². The van der Waals surface area contributed by atoms with Crippen molar-refractivity contribution in [2.75, 3.05) is 13.2 Å². The van der Waals surface area contributed by atoms with E-state index in [1.165, 1.54) is 12.1 Å². The molecule has 1 saturated heterocycles. The summed E-state index contributed by atoms with van der Waals surface area (Å²) in [5, 5.41) is 7.86. The molecule has 2 atom stereocenters. The summed E-state index contributed by atoms with van der Waals surface area (Å²) in [5.41, 5.74) is 1.54. The van der Waals surface area contributed by atoms with Crippen molar-refractivity contribution < 1.29 is 31.9 Å². The third-order valence-corrected chi connectivity index (χ3v) is 7.58. The number of para-hydroxylation sites is 1. The number of benzene rings is 1. The minimum absolute atomic E-state index is 0.268. The van der Waals surface area contributed by atoms with E-state index in [2.05, 4.69) is 15.2 Å². The zero-order valence-corrected chi connectivity index (χ0v) is 18.2. The SMILES string of the molecule is FC(F)(F)Oc1ccccc1-c1noc(C2CC2)c1CNC1CC2CCC(C1)C21OCCO1. The molecule has 6 rings (SSSR count). The van der Waals surface area contributed by atoms with E-state index < -0.39 is 12.1 Å². The van der Waals surface area contributed by atoms with Crippen LogP contribution < -0.4 is 10.1 Å². The first-order valence-corrected chi connectivity index (χ1v) is 11.8. The second-order valence-corrected chi connectivity index (χ2v) is 9.63. The molecule has 2 heterocycles. The molecule has 1 N–H and O–H groups in total. The normalized spacial score (nSPS) is 28.5. The Morgan fingerprint density at radius 3 is 2.39 bits per heavy atom. The van der Waals surface area contributed by atoms with Gasteiger partial charge < -0.3 is 24.1 Å². The van der Waals surface area contributed by atoms with Gasteiger partial charge in [0.25, 0.3) is 0 Å². The van der Waals surface area contributed by atoms with Gasteiger partial charge in [0.15, 0.2) is 5.79 Å². The van der Waals surface area contributed by atoms with Gasteiger partial charge in [-0.1, -0.05) is 17.3 Å². The van der Waals surface area contributed by atoms with Crippen molar-refractivity contribution in [1.82, 2.24) is 10.5 Å². The summed E-state index contributed by atoms with van der Waals surface area (Å²) in [5.74, 6) is 1.15. The van der Waals surface area contributed by atoms with Crippen molar-refractivity contribution in [3.05, 3.63) is 35.6 Å². The molecule has 1 aliphatic heterocycles. The number of rotatable bonds is 6. The number of hydrogen-bond donors (Lipinski definition) is 1. The summed E-state index contributed by atoms with van der Waals surface area (Å²) >= 11 is 0. The van der Waals surface area contributed by atoms with E-state index in [0.717, 1.165) is 49.8 Å². The van der Waals surface area contributed by atoms with Crippen molar-refractivity contribution in [1.29, 1.82) is 0 Å². The van der Waals surface area contributed by atoms with Crippen LogP contribution in [0, 0.1) is 11.8 Å². The van der Waals surface area contributed by atoms with Crippen molar-refractivity contribution in [3.8, 4) is 17.0 Å². The van der Waals surface area contributed by atoms with Gasteiger partial charge in [0.2, 0.25) is 0 Å². The fourth-order valence-corrected chi connectivity index (χ4v) is 6.06. The Labute approximate surface area is 189 Å². The molecule has 4 fully saturated rings. The minimum Gasteiger partial charge on any atom is -0.405 e. The smallest absolute Gasteiger partial charge is 0.405 e. The number of ether oxygens (including phenoxy) is 3. The van der Waals surface area contributed by atoms with E-state index in [9.17, 15) is 13.2 Å². The summed E-state index contributed by atoms with van der Waals surface area (Å²) in [6.07, 6.45) is 1.38. The number of nitrogens with zero attached hydrogens (tertiary/aromatic N) is 1. The largest absolute Gasteiger partial charge is 0.573 e. The number of nitrogens with one attached hydrogen (secondary N) is 1. The summed E-state index contributed by atoms with van der Waals surface area (Å²) in [4.78, 5) is 0. The van der Waals surface area contributed by atoms with Crippen LogP contribution in [0.15, 0.2) is 28.8 Å². The molecule has 1 aromatic carbocycles. The first-order valence-electron chi connectivity index (χ1n) is 11.8. The Morgan fingerprint density at radius 1 is 1.03 bits per heavy atom. The molecular formula is C24H27F3N2O4. The zero-order chi connectivity index (χ0) is 22.6. The molecule has 0 amide bonds. The Balaban J connectivity index is 1.24. The highest BCUT2D eigenvalue weighted by Crippen LogP contribution is 2.54. The topological polar surface area (TPSA) is 65.8 Å². The number of aromatic nitrogens is 1. The van der Waals surface area contributed by atoms with Crippen LogP contribution in [0.3, 0.4) is 0 Å². The lowest BCUT2D eigenvalue weighted by molar-refractivity contribution is -0.274. The second-order valence-electron chi connectivity index (χ2n) is 9.63. The van der Waals surface area contributed by atoms with E-state index in [1.807, 2.05) is 0 Å². The van der Waals surface area contributed by atoms with Crippen LogP contribution in [-0.4, -0.2) is 36.6 Å². The summed E-state index contributed by atoms with van der Waals surface area (Å²) in [7, 11) is 0. The van der Waals surface area contributed by atoms with E-state index >= 15 is 0 Å². The highest BCUT2D eigenvalue weighted by molar-refractivity contribution is 5.70.